The van der Waals surface area contributed by atoms with Crippen LogP contribution >= 0.6 is 0 Å². The van der Waals surface area contributed by atoms with Gasteiger partial charge in [-0.1, -0.05) is 19.4 Å². The number of hydrogen-bond acceptors (Lipinski definition) is 7. The zero-order chi connectivity index (χ0) is 21.5. The highest BCUT2D eigenvalue weighted by Gasteiger charge is 2.19. The van der Waals surface area contributed by atoms with Gasteiger partial charge in [-0.25, -0.2) is 4.98 Å². The van der Waals surface area contributed by atoms with E-state index in [4.69, 9.17) is 10.5 Å². The van der Waals surface area contributed by atoms with Crippen LogP contribution in [0.15, 0.2) is 24.3 Å². The molecule has 2 aromatic rings. The van der Waals surface area contributed by atoms with Crippen LogP contribution in [0, 0.1) is 0 Å². The van der Waals surface area contributed by atoms with Crippen LogP contribution in [-0.4, -0.2) is 60.1 Å². The predicted molar refractivity (Wildman–Crippen MR) is 119 cm³/mol. The maximum atomic E-state index is 12.8. The summed E-state index contributed by atoms with van der Waals surface area (Å²) in [4.78, 5) is 23.3. The molecule has 1 aliphatic heterocycles. The van der Waals surface area contributed by atoms with Crippen molar-refractivity contribution in [2.45, 2.75) is 39.2 Å². The molecule has 8 nitrogen and oxygen atoms in total. The van der Waals surface area contributed by atoms with Crippen LogP contribution < -0.4 is 21.1 Å². The molecule has 30 heavy (non-hydrogen) atoms. The third-order valence-electron chi connectivity index (χ3n) is 5.22. The van der Waals surface area contributed by atoms with E-state index < -0.39 is 0 Å². The topological polar surface area (TPSA) is 105 Å². The van der Waals surface area contributed by atoms with Crippen LogP contribution in [0.25, 0.3) is 0 Å². The van der Waals surface area contributed by atoms with Gasteiger partial charge in [-0.15, -0.1) is 0 Å². The summed E-state index contributed by atoms with van der Waals surface area (Å²) in [7, 11) is 1.62. The molecular formula is C22H32N6O2. The van der Waals surface area contributed by atoms with E-state index in [1.165, 1.54) is 0 Å². The Bertz CT molecular complexity index is 867. The molecule has 0 spiro atoms. The highest BCUT2D eigenvalue weighted by molar-refractivity contribution is 5.94. The molecule has 1 fully saturated rings. The highest BCUT2D eigenvalue weighted by Crippen LogP contribution is 2.25. The van der Waals surface area contributed by atoms with Crippen molar-refractivity contribution in [3.63, 3.8) is 0 Å². The Hall–Kier alpha value is -2.87. The number of methoxy groups -OCH3 is 1. The number of aromatic nitrogens is 2. The molecule has 8 heteroatoms. The first-order chi connectivity index (χ1) is 14.5. The van der Waals surface area contributed by atoms with Gasteiger partial charge in [0.25, 0.3) is 5.91 Å². The summed E-state index contributed by atoms with van der Waals surface area (Å²) in [5.74, 6) is 1.66. The van der Waals surface area contributed by atoms with Gasteiger partial charge in [-0.05, 0) is 25.5 Å². The van der Waals surface area contributed by atoms with E-state index in [2.05, 4.69) is 34.4 Å². The lowest BCUT2D eigenvalue weighted by molar-refractivity contribution is 0.0735. The lowest BCUT2D eigenvalue weighted by Gasteiger charge is -2.27. The average molecular weight is 413 g/mol. The fourth-order valence-corrected chi connectivity index (χ4v) is 3.71. The van der Waals surface area contributed by atoms with Crippen LogP contribution in [0.2, 0.25) is 0 Å². The van der Waals surface area contributed by atoms with Crippen molar-refractivity contribution in [2.75, 3.05) is 44.3 Å². The Morgan fingerprint density at radius 2 is 2.07 bits per heavy atom. The van der Waals surface area contributed by atoms with Crippen LogP contribution in [-0.2, 0) is 6.42 Å². The predicted octanol–water partition coefficient (Wildman–Crippen LogP) is 2.30. The number of carbonyl (C=O) groups excluding carboxylic acids is 1. The first-order valence-electron chi connectivity index (χ1n) is 10.6. The summed E-state index contributed by atoms with van der Waals surface area (Å²) in [6.07, 6.45) is 2.68. The molecule has 3 rings (SSSR count). The molecule has 1 saturated heterocycles. The van der Waals surface area contributed by atoms with Crippen molar-refractivity contribution in [1.29, 1.82) is 0 Å². The number of piperazine rings is 1. The number of rotatable bonds is 8. The molecule has 1 aromatic carbocycles. The third-order valence-corrected chi connectivity index (χ3v) is 5.22. The van der Waals surface area contributed by atoms with Gasteiger partial charge in [0.1, 0.15) is 11.6 Å². The summed E-state index contributed by atoms with van der Waals surface area (Å²) in [6, 6.07) is 7.82. The van der Waals surface area contributed by atoms with Crippen molar-refractivity contribution >= 4 is 17.7 Å². The van der Waals surface area contributed by atoms with Crippen LogP contribution in [0.3, 0.4) is 0 Å². The van der Waals surface area contributed by atoms with Gasteiger partial charge < -0.3 is 26.0 Å². The Labute approximate surface area is 178 Å². The van der Waals surface area contributed by atoms with Gasteiger partial charge >= 0.3 is 0 Å². The Morgan fingerprint density at radius 3 is 2.77 bits per heavy atom. The fraction of sp³-hybridized carbons (Fsp3) is 0.500. The number of ether oxygens (including phenoxy) is 1. The largest absolute Gasteiger partial charge is 0.496 e. The van der Waals surface area contributed by atoms with Crippen molar-refractivity contribution in [1.82, 2.24) is 20.2 Å². The van der Waals surface area contributed by atoms with Gasteiger partial charge in [-0.2, -0.15) is 4.98 Å². The number of nitrogen functional groups attached to an aromatic ring is 1. The minimum absolute atomic E-state index is 0.0315. The van der Waals surface area contributed by atoms with E-state index in [1.54, 1.807) is 7.11 Å². The van der Waals surface area contributed by atoms with Crippen LogP contribution in [0.5, 0.6) is 5.75 Å². The smallest absolute Gasteiger partial charge is 0.254 e. The van der Waals surface area contributed by atoms with E-state index in [0.717, 1.165) is 56.1 Å². The number of hydrogen-bond donors (Lipinski definition) is 3. The summed E-state index contributed by atoms with van der Waals surface area (Å²) in [5.41, 5.74) is 8.31. The van der Waals surface area contributed by atoms with Gasteiger partial charge in [-0.3, -0.25) is 4.79 Å². The van der Waals surface area contributed by atoms with Gasteiger partial charge in [0.2, 0.25) is 5.95 Å². The quantitative estimate of drug-likeness (QED) is 0.611. The van der Waals surface area contributed by atoms with Crippen LogP contribution in [0.1, 0.15) is 48.3 Å². The molecule has 2 heterocycles. The average Bonchev–Trinajstić information content (AvgIpc) is 2.74. The Kier molecular flexibility index (Phi) is 7.46. The van der Waals surface area contributed by atoms with E-state index in [9.17, 15) is 4.79 Å². The molecule has 1 amide bonds. The number of benzene rings is 1. The summed E-state index contributed by atoms with van der Waals surface area (Å²) < 4.78 is 5.58. The van der Waals surface area contributed by atoms with Gasteiger partial charge in [0, 0.05) is 55.8 Å². The summed E-state index contributed by atoms with van der Waals surface area (Å²) in [6.45, 7) is 7.36. The minimum Gasteiger partial charge on any atom is -0.496 e. The van der Waals surface area contributed by atoms with E-state index in [1.807, 2.05) is 29.2 Å². The molecule has 0 saturated carbocycles. The second kappa shape index (κ2) is 10.2. The molecule has 0 aliphatic carbocycles. The second-order valence-corrected chi connectivity index (χ2v) is 7.68. The molecular weight excluding hydrogens is 380 g/mol. The normalized spacial score (nSPS) is 15.0. The maximum absolute atomic E-state index is 12.8. The number of anilines is 2. The second-order valence-electron chi connectivity index (χ2n) is 7.68. The molecule has 1 aliphatic rings. The monoisotopic (exact) mass is 412 g/mol. The van der Waals surface area contributed by atoms with Crippen LogP contribution in [0.4, 0.5) is 11.8 Å². The first kappa shape index (κ1) is 21.8. The maximum Gasteiger partial charge on any atom is 0.254 e. The number of amides is 1. The summed E-state index contributed by atoms with van der Waals surface area (Å²) in [5, 5.41) is 6.64. The molecule has 1 unspecified atom stereocenters. The lowest BCUT2D eigenvalue weighted by atomic mass is 10.0. The number of nitrogens with two attached hydrogens (primary N) is 1. The van der Waals surface area contributed by atoms with E-state index in [-0.39, 0.29) is 11.9 Å². The molecule has 4 N–H and O–H groups in total. The van der Waals surface area contributed by atoms with E-state index >= 15 is 0 Å². The number of nitrogens with one attached hydrogen (secondary N) is 2. The standard InChI is InChI=1S/C22H32N6O2/c1-4-5-15(2)25-20-14-18(26-22(23)27-20)12-16-6-7-17(13-19(16)30-3)21(29)28-10-8-24-9-11-28/h6-7,13-15,24H,4-5,8-12H2,1-3H3,(H3,23,25,26,27). The molecule has 0 bridgehead atoms. The summed E-state index contributed by atoms with van der Waals surface area (Å²) >= 11 is 0. The number of nitrogens with zero attached hydrogens (tertiary/aromatic N) is 3. The van der Waals surface area contributed by atoms with E-state index in [0.29, 0.717) is 23.8 Å². The zero-order valence-corrected chi connectivity index (χ0v) is 18.1. The third kappa shape index (κ3) is 5.60. The lowest BCUT2D eigenvalue weighted by Crippen LogP contribution is -2.46. The zero-order valence-electron chi connectivity index (χ0n) is 18.1. The molecule has 162 valence electrons. The molecule has 1 aromatic heterocycles. The van der Waals surface area contributed by atoms with Crippen molar-refractivity contribution in [2.24, 2.45) is 0 Å². The van der Waals surface area contributed by atoms with Gasteiger partial charge in [0.05, 0.1) is 12.8 Å². The van der Waals surface area contributed by atoms with Crippen molar-refractivity contribution in [3.05, 3.63) is 41.1 Å². The first-order valence-corrected chi connectivity index (χ1v) is 10.6. The van der Waals surface area contributed by atoms with Gasteiger partial charge in [0.15, 0.2) is 0 Å². The molecule has 1 atom stereocenters. The van der Waals surface area contributed by atoms with Crippen molar-refractivity contribution in [3.8, 4) is 5.75 Å². The Morgan fingerprint density at radius 1 is 1.30 bits per heavy atom. The van der Waals surface area contributed by atoms with Crippen molar-refractivity contribution < 1.29 is 9.53 Å². The minimum atomic E-state index is 0.0315. The number of carbonyl (C=O) groups is 1. The Balaban J connectivity index is 1.77. The molecule has 0 radical (unpaired) electrons. The highest BCUT2D eigenvalue weighted by atomic mass is 16.5. The SMILES string of the molecule is CCCC(C)Nc1cc(Cc2ccc(C(=O)N3CCNCC3)cc2OC)nc(N)n1. The fourth-order valence-electron chi connectivity index (χ4n) is 3.71.